The summed E-state index contributed by atoms with van der Waals surface area (Å²) in [7, 11) is 0. The molecule has 4 heteroatoms. The van der Waals surface area contributed by atoms with E-state index < -0.39 is 11.9 Å². The molecule has 0 heterocycles. The third-order valence-corrected chi connectivity index (χ3v) is 4.52. The summed E-state index contributed by atoms with van der Waals surface area (Å²) in [6.45, 7) is 0. The van der Waals surface area contributed by atoms with Crippen molar-refractivity contribution in [1.29, 1.82) is 0 Å². The third kappa shape index (κ3) is 2.15. The Morgan fingerprint density at radius 3 is 2.04 bits per heavy atom. The van der Waals surface area contributed by atoms with Crippen molar-refractivity contribution in [2.24, 2.45) is 0 Å². The molecule has 0 aliphatic heterocycles. The second-order valence-electron chi connectivity index (χ2n) is 6.01. The maximum atomic E-state index is 11.3. The lowest BCUT2D eigenvalue weighted by Gasteiger charge is -2.16. The Hall–Kier alpha value is -3.14. The SMILES string of the molecule is O=C(O)Cc1cc2ccc3cccc4ccc(c1CC(=O)O)c2c34. The van der Waals surface area contributed by atoms with E-state index in [1.807, 2.05) is 48.5 Å². The van der Waals surface area contributed by atoms with Crippen LogP contribution in [-0.4, -0.2) is 22.2 Å². The summed E-state index contributed by atoms with van der Waals surface area (Å²) in [6.07, 6.45) is -0.365. The van der Waals surface area contributed by atoms with Gasteiger partial charge >= 0.3 is 11.9 Å². The summed E-state index contributed by atoms with van der Waals surface area (Å²) >= 11 is 0. The van der Waals surface area contributed by atoms with Crippen molar-refractivity contribution in [3.63, 3.8) is 0 Å². The minimum absolute atomic E-state index is 0.181. The van der Waals surface area contributed by atoms with Crippen LogP contribution in [0.5, 0.6) is 0 Å². The van der Waals surface area contributed by atoms with E-state index in [4.69, 9.17) is 0 Å². The molecule has 118 valence electrons. The Balaban J connectivity index is 2.17. The highest BCUT2D eigenvalue weighted by atomic mass is 16.4. The molecule has 4 nitrogen and oxygen atoms in total. The van der Waals surface area contributed by atoms with E-state index in [1.54, 1.807) is 0 Å². The number of hydrogen-bond donors (Lipinski definition) is 2. The summed E-state index contributed by atoms with van der Waals surface area (Å²) in [4.78, 5) is 22.5. The maximum absolute atomic E-state index is 11.3. The molecule has 4 aromatic carbocycles. The van der Waals surface area contributed by atoms with E-state index in [0.29, 0.717) is 11.1 Å². The van der Waals surface area contributed by atoms with Crippen LogP contribution in [0.15, 0.2) is 48.5 Å². The van der Waals surface area contributed by atoms with Gasteiger partial charge in [-0.15, -0.1) is 0 Å². The number of rotatable bonds is 4. The van der Waals surface area contributed by atoms with Crippen LogP contribution in [0, 0.1) is 0 Å². The molecule has 0 unspecified atom stereocenters. The van der Waals surface area contributed by atoms with Gasteiger partial charge in [0.05, 0.1) is 12.8 Å². The van der Waals surface area contributed by atoms with Gasteiger partial charge in [0.2, 0.25) is 0 Å². The summed E-state index contributed by atoms with van der Waals surface area (Å²) < 4.78 is 0. The standard InChI is InChI=1S/C20H14O4/c21-17(22)9-14-8-13-5-4-11-2-1-3-12-6-7-15(20(13)19(11)12)16(14)10-18(23)24/h1-8H,9-10H2,(H,21,22)(H,23,24). The Morgan fingerprint density at radius 1 is 0.750 bits per heavy atom. The predicted octanol–water partition coefficient (Wildman–Crippen LogP) is 3.84. The van der Waals surface area contributed by atoms with Gasteiger partial charge in [0, 0.05) is 0 Å². The van der Waals surface area contributed by atoms with Gasteiger partial charge < -0.3 is 10.2 Å². The van der Waals surface area contributed by atoms with Crippen LogP contribution in [0.1, 0.15) is 11.1 Å². The molecule has 2 N–H and O–H groups in total. The van der Waals surface area contributed by atoms with E-state index in [-0.39, 0.29) is 12.8 Å². The Kier molecular flexibility index (Phi) is 3.13. The van der Waals surface area contributed by atoms with Gasteiger partial charge in [0.15, 0.2) is 0 Å². The molecule has 0 saturated carbocycles. The Labute approximate surface area is 137 Å². The van der Waals surface area contributed by atoms with Crippen molar-refractivity contribution in [3.05, 3.63) is 59.7 Å². The van der Waals surface area contributed by atoms with Crippen molar-refractivity contribution in [2.45, 2.75) is 12.8 Å². The molecule has 0 spiro atoms. The second-order valence-corrected chi connectivity index (χ2v) is 6.01. The second kappa shape index (κ2) is 5.20. The van der Waals surface area contributed by atoms with Gasteiger partial charge in [-0.3, -0.25) is 9.59 Å². The number of aliphatic carboxylic acids is 2. The molecule has 0 aromatic heterocycles. The number of hydrogen-bond acceptors (Lipinski definition) is 2. The predicted molar refractivity (Wildman–Crippen MR) is 92.8 cm³/mol. The normalized spacial score (nSPS) is 11.5. The van der Waals surface area contributed by atoms with E-state index in [2.05, 4.69) is 0 Å². The average Bonchev–Trinajstić information content (AvgIpc) is 2.54. The molecule has 0 atom stereocenters. The van der Waals surface area contributed by atoms with Gasteiger partial charge in [-0.25, -0.2) is 0 Å². The lowest BCUT2D eigenvalue weighted by Crippen LogP contribution is -2.09. The third-order valence-electron chi connectivity index (χ3n) is 4.52. The van der Waals surface area contributed by atoms with Gasteiger partial charge in [-0.2, -0.15) is 0 Å². The molecule has 0 saturated heterocycles. The molecular weight excluding hydrogens is 304 g/mol. The van der Waals surface area contributed by atoms with Crippen molar-refractivity contribution in [1.82, 2.24) is 0 Å². The van der Waals surface area contributed by atoms with Gasteiger partial charge in [-0.05, 0) is 43.4 Å². The summed E-state index contributed by atoms with van der Waals surface area (Å²) in [5, 5.41) is 24.5. The van der Waals surface area contributed by atoms with Gasteiger partial charge in [0.25, 0.3) is 0 Å². The highest BCUT2D eigenvalue weighted by Crippen LogP contribution is 2.37. The molecule has 0 radical (unpaired) electrons. The quantitative estimate of drug-likeness (QED) is 0.561. The van der Waals surface area contributed by atoms with Crippen LogP contribution in [0.4, 0.5) is 0 Å². The van der Waals surface area contributed by atoms with Crippen molar-refractivity contribution in [2.75, 3.05) is 0 Å². The van der Waals surface area contributed by atoms with E-state index >= 15 is 0 Å². The molecule has 24 heavy (non-hydrogen) atoms. The summed E-state index contributed by atoms with van der Waals surface area (Å²) in [5.41, 5.74) is 1.16. The fourth-order valence-corrected chi connectivity index (χ4v) is 3.61. The van der Waals surface area contributed by atoms with Crippen molar-refractivity contribution in [3.8, 4) is 0 Å². The molecule has 4 aromatic rings. The first-order chi connectivity index (χ1) is 11.5. The lowest BCUT2D eigenvalue weighted by molar-refractivity contribution is -0.137. The first-order valence-corrected chi connectivity index (χ1v) is 7.66. The molecule has 0 aliphatic rings. The zero-order valence-corrected chi connectivity index (χ0v) is 12.7. The number of benzene rings is 4. The monoisotopic (exact) mass is 318 g/mol. The number of carbonyl (C=O) groups is 2. The average molecular weight is 318 g/mol. The van der Waals surface area contributed by atoms with Crippen LogP contribution >= 0.6 is 0 Å². The van der Waals surface area contributed by atoms with Crippen molar-refractivity contribution >= 4 is 44.3 Å². The zero-order chi connectivity index (χ0) is 16.8. The van der Waals surface area contributed by atoms with E-state index in [1.165, 1.54) is 0 Å². The molecule has 4 rings (SSSR count). The molecular formula is C20H14O4. The summed E-state index contributed by atoms with van der Waals surface area (Å²) in [5.74, 6) is -1.92. The van der Waals surface area contributed by atoms with E-state index in [0.717, 1.165) is 32.3 Å². The first kappa shape index (κ1) is 14.5. The lowest BCUT2D eigenvalue weighted by atomic mass is 9.87. The smallest absolute Gasteiger partial charge is 0.307 e. The van der Waals surface area contributed by atoms with Gasteiger partial charge in [0.1, 0.15) is 0 Å². The highest BCUT2D eigenvalue weighted by Gasteiger charge is 2.17. The molecule has 0 aliphatic carbocycles. The van der Waals surface area contributed by atoms with Crippen LogP contribution in [-0.2, 0) is 22.4 Å². The fraction of sp³-hybridized carbons (Fsp3) is 0.100. The largest absolute Gasteiger partial charge is 0.481 e. The minimum Gasteiger partial charge on any atom is -0.481 e. The maximum Gasteiger partial charge on any atom is 0.307 e. The van der Waals surface area contributed by atoms with Crippen molar-refractivity contribution < 1.29 is 19.8 Å². The topological polar surface area (TPSA) is 74.6 Å². The number of carboxylic acid groups (broad SMARTS) is 2. The van der Waals surface area contributed by atoms with Crippen LogP contribution in [0.25, 0.3) is 32.3 Å². The van der Waals surface area contributed by atoms with E-state index in [9.17, 15) is 19.8 Å². The Morgan fingerprint density at radius 2 is 1.38 bits per heavy atom. The Bertz CT molecular complexity index is 1100. The molecule has 0 fully saturated rings. The zero-order valence-electron chi connectivity index (χ0n) is 12.7. The molecule has 0 amide bonds. The number of carboxylic acids is 2. The van der Waals surface area contributed by atoms with Crippen LogP contribution in [0.2, 0.25) is 0 Å². The fourth-order valence-electron chi connectivity index (χ4n) is 3.61. The molecule has 0 bridgehead atoms. The van der Waals surface area contributed by atoms with Crippen LogP contribution < -0.4 is 0 Å². The highest BCUT2D eigenvalue weighted by molar-refractivity contribution is 6.24. The summed E-state index contributed by atoms with van der Waals surface area (Å²) in [6, 6.07) is 15.8. The first-order valence-electron chi connectivity index (χ1n) is 7.66. The minimum atomic E-state index is -0.963. The van der Waals surface area contributed by atoms with Crippen LogP contribution in [0.3, 0.4) is 0 Å². The van der Waals surface area contributed by atoms with Gasteiger partial charge in [-0.1, -0.05) is 48.5 Å².